The molecule has 0 aliphatic heterocycles. The number of carbonyl (C=O) groups excluding carboxylic acids is 1. The van der Waals surface area contributed by atoms with Crippen LogP contribution in [0.1, 0.15) is 31.4 Å². The lowest BCUT2D eigenvalue weighted by Gasteiger charge is -2.33. The standard InChI is InChI=1S/C21H25BrFN3O3/c1-26(14-9-7-13(8-10-14)21(27)29-3)12-18-20(28-2)25-17(11-24-18)15-5-4-6-16(22)19(15)23/h4-6,11,13-14H,7-10,12H2,1-3H3. The van der Waals surface area contributed by atoms with Gasteiger partial charge in [-0.2, -0.15) is 0 Å². The molecule has 1 fully saturated rings. The molecule has 0 N–H and O–H groups in total. The molecule has 2 aromatic rings. The molecule has 0 atom stereocenters. The van der Waals surface area contributed by atoms with Gasteiger partial charge in [0.1, 0.15) is 11.5 Å². The Balaban J connectivity index is 1.71. The number of aromatic nitrogens is 2. The Bertz CT molecular complexity index is 872. The van der Waals surface area contributed by atoms with Crippen molar-refractivity contribution in [2.24, 2.45) is 5.92 Å². The molecule has 1 heterocycles. The molecule has 0 unspecified atom stereocenters. The fourth-order valence-corrected chi connectivity index (χ4v) is 4.15. The topological polar surface area (TPSA) is 64.5 Å². The number of rotatable bonds is 6. The monoisotopic (exact) mass is 465 g/mol. The molecular formula is C21H25BrFN3O3. The van der Waals surface area contributed by atoms with Crippen molar-refractivity contribution in [2.75, 3.05) is 21.3 Å². The van der Waals surface area contributed by atoms with Crippen LogP contribution in [0.2, 0.25) is 0 Å². The molecule has 1 saturated carbocycles. The Hall–Kier alpha value is -2.06. The quantitative estimate of drug-likeness (QED) is 0.595. The molecular weight excluding hydrogens is 441 g/mol. The third-order valence-corrected chi connectivity index (χ3v) is 6.10. The number of methoxy groups -OCH3 is 2. The Labute approximate surface area is 178 Å². The maximum absolute atomic E-state index is 14.4. The van der Waals surface area contributed by atoms with Gasteiger partial charge in [-0.05, 0) is 60.8 Å². The molecule has 1 aromatic carbocycles. The fourth-order valence-electron chi connectivity index (χ4n) is 3.78. The summed E-state index contributed by atoms with van der Waals surface area (Å²) in [5.74, 6) is -0.111. The van der Waals surface area contributed by atoms with Gasteiger partial charge in [-0.25, -0.2) is 9.37 Å². The predicted octanol–water partition coefficient (Wildman–Crippen LogP) is 4.22. The third-order valence-electron chi connectivity index (χ3n) is 5.49. The molecule has 0 radical (unpaired) electrons. The number of halogens is 2. The number of ether oxygens (including phenoxy) is 2. The predicted molar refractivity (Wildman–Crippen MR) is 111 cm³/mol. The van der Waals surface area contributed by atoms with E-state index in [0.717, 1.165) is 25.7 Å². The van der Waals surface area contributed by atoms with Gasteiger partial charge in [0.15, 0.2) is 0 Å². The van der Waals surface area contributed by atoms with Gasteiger partial charge in [-0.1, -0.05) is 6.07 Å². The maximum atomic E-state index is 14.4. The Morgan fingerprint density at radius 2 is 2.00 bits per heavy atom. The third kappa shape index (κ3) is 4.93. The minimum absolute atomic E-state index is 0.00152. The molecule has 0 bridgehead atoms. The van der Waals surface area contributed by atoms with Crippen molar-refractivity contribution in [2.45, 2.75) is 38.3 Å². The first-order valence-electron chi connectivity index (χ1n) is 9.57. The molecule has 6 nitrogen and oxygen atoms in total. The van der Waals surface area contributed by atoms with Crippen LogP contribution >= 0.6 is 15.9 Å². The number of hydrogen-bond donors (Lipinski definition) is 0. The lowest BCUT2D eigenvalue weighted by atomic mass is 9.85. The van der Waals surface area contributed by atoms with Crippen molar-refractivity contribution in [3.63, 3.8) is 0 Å². The van der Waals surface area contributed by atoms with E-state index in [1.165, 1.54) is 14.2 Å². The molecule has 0 saturated heterocycles. The Morgan fingerprint density at radius 3 is 2.66 bits per heavy atom. The zero-order valence-electron chi connectivity index (χ0n) is 16.8. The fraction of sp³-hybridized carbons (Fsp3) is 0.476. The Kier molecular flexibility index (Phi) is 7.18. The Morgan fingerprint density at radius 1 is 1.28 bits per heavy atom. The minimum atomic E-state index is -0.379. The van der Waals surface area contributed by atoms with Crippen molar-refractivity contribution in [1.82, 2.24) is 14.9 Å². The molecule has 0 spiro atoms. The molecule has 1 aromatic heterocycles. The molecule has 3 rings (SSSR count). The van der Waals surface area contributed by atoms with Crippen LogP contribution in [0, 0.1) is 11.7 Å². The molecule has 29 heavy (non-hydrogen) atoms. The van der Waals surface area contributed by atoms with Gasteiger partial charge >= 0.3 is 5.97 Å². The van der Waals surface area contributed by atoms with Gasteiger partial charge in [0.2, 0.25) is 5.88 Å². The van der Waals surface area contributed by atoms with Crippen molar-refractivity contribution in [3.05, 3.63) is 40.4 Å². The molecule has 0 amide bonds. The van der Waals surface area contributed by atoms with Crippen molar-refractivity contribution >= 4 is 21.9 Å². The van der Waals surface area contributed by atoms with E-state index in [4.69, 9.17) is 9.47 Å². The molecule has 156 valence electrons. The summed E-state index contributed by atoms with van der Waals surface area (Å²) in [7, 11) is 5.01. The lowest BCUT2D eigenvalue weighted by molar-refractivity contribution is -0.146. The first-order chi connectivity index (χ1) is 13.9. The van der Waals surface area contributed by atoms with Gasteiger partial charge in [-0.15, -0.1) is 0 Å². The van der Waals surface area contributed by atoms with Crippen molar-refractivity contribution in [1.29, 1.82) is 0 Å². The van der Waals surface area contributed by atoms with Gasteiger partial charge in [-0.3, -0.25) is 14.7 Å². The summed E-state index contributed by atoms with van der Waals surface area (Å²) in [6, 6.07) is 5.41. The molecule has 1 aliphatic rings. The van der Waals surface area contributed by atoms with Crippen LogP contribution in [0.15, 0.2) is 28.9 Å². The number of benzene rings is 1. The average molecular weight is 466 g/mol. The smallest absolute Gasteiger partial charge is 0.308 e. The highest BCUT2D eigenvalue weighted by Crippen LogP contribution is 2.31. The van der Waals surface area contributed by atoms with Crippen LogP contribution in [0.5, 0.6) is 5.88 Å². The number of esters is 1. The van der Waals surface area contributed by atoms with E-state index in [9.17, 15) is 9.18 Å². The molecule has 1 aliphatic carbocycles. The summed E-state index contributed by atoms with van der Waals surface area (Å²) in [6.07, 6.45) is 5.07. The number of carbonyl (C=O) groups is 1. The van der Waals surface area contributed by atoms with E-state index in [2.05, 4.69) is 30.8 Å². The van der Waals surface area contributed by atoms with Gasteiger partial charge in [0.25, 0.3) is 0 Å². The minimum Gasteiger partial charge on any atom is -0.480 e. The summed E-state index contributed by atoms with van der Waals surface area (Å²) in [6.45, 7) is 0.560. The highest BCUT2D eigenvalue weighted by molar-refractivity contribution is 9.10. The van der Waals surface area contributed by atoms with E-state index in [0.29, 0.717) is 39.9 Å². The van der Waals surface area contributed by atoms with Gasteiger partial charge in [0, 0.05) is 18.2 Å². The summed E-state index contributed by atoms with van der Waals surface area (Å²) in [5.41, 5.74) is 1.49. The summed E-state index contributed by atoms with van der Waals surface area (Å²) in [4.78, 5) is 22.9. The van der Waals surface area contributed by atoms with Crippen molar-refractivity contribution in [3.8, 4) is 17.1 Å². The maximum Gasteiger partial charge on any atom is 0.308 e. The second kappa shape index (κ2) is 9.63. The lowest BCUT2D eigenvalue weighted by Crippen LogP contribution is -2.36. The number of hydrogen-bond acceptors (Lipinski definition) is 6. The largest absolute Gasteiger partial charge is 0.480 e. The van der Waals surface area contributed by atoms with E-state index in [1.807, 2.05) is 7.05 Å². The van der Waals surface area contributed by atoms with E-state index in [1.54, 1.807) is 24.4 Å². The van der Waals surface area contributed by atoms with Crippen molar-refractivity contribution < 1.29 is 18.7 Å². The van der Waals surface area contributed by atoms with Gasteiger partial charge < -0.3 is 9.47 Å². The van der Waals surface area contributed by atoms with Crippen LogP contribution in [-0.4, -0.2) is 48.1 Å². The summed E-state index contributed by atoms with van der Waals surface area (Å²) < 4.78 is 25.1. The van der Waals surface area contributed by atoms with Crippen LogP contribution in [0.25, 0.3) is 11.3 Å². The van der Waals surface area contributed by atoms with E-state index < -0.39 is 0 Å². The van der Waals surface area contributed by atoms with Crippen LogP contribution in [-0.2, 0) is 16.1 Å². The SMILES string of the molecule is COC(=O)C1CCC(N(C)Cc2ncc(-c3cccc(Br)c3F)nc2OC)CC1. The van der Waals surface area contributed by atoms with E-state index >= 15 is 0 Å². The highest BCUT2D eigenvalue weighted by Gasteiger charge is 2.29. The van der Waals surface area contributed by atoms with Crippen LogP contribution < -0.4 is 4.74 Å². The van der Waals surface area contributed by atoms with E-state index in [-0.39, 0.29) is 17.7 Å². The highest BCUT2D eigenvalue weighted by atomic mass is 79.9. The average Bonchev–Trinajstić information content (AvgIpc) is 2.75. The molecule has 8 heteroatoms. The first-order valence-corrected chi connectivity index (χ1v) is 10.4. The number of nitrogens with zero attached hydrogens (tertiary/aromatic N) is 3. The second-order valence-electron chi connectivity index (χ2n) is 7.26. The van der Waals surface area contributed by atoms with Crippen LogP contribution in [0.3, 0.4) is 0 Å². The summed E-state index contributed by atoms with van der Waals surface area (Å²) in [5, 5.41) is 0. The first kappa shape index (κ1) is 21.6. The van der Waals surface area contributed by atoms with Gasteiger partial charge in [0.05, 0.1) is 36.5 Å². The zero-order valence-corrected chi connectivity index (χ0v) is 18.4. The van der Waals surface area contributed by atoms with Crippen LogP contribution in [0.4, 0.5) is 4.39 Å². The second-order valence-corrected chi connectivity index (χ2v) is 8.11. The zero-order chi connectivity index (χ0) is 21.0. The summed E-state index contributed by atoms with van der Waals surface area (Å²) >= 11 is 3.20. The normalized spacial score (nSPS) is 19.2.